The van der Waals surface area contributed by atoms with Gasteiger partial charge in [0.2, 0.25) is 0 Å². The van der Waals surface area contributed by atoms with Gasteiger partial charge in [0.1, 0.15) is 6.04 Å². The molecule has 0 rings (SSSR count). The van der Waals surface area contributed by atoms with Crippen LogP contribution >= 0.6 is 0 Å². The fourth-order valence-electron chi connectivity index (χ4n) is 2.06. The second kappa shape index (κ2) is 6.92. The Morgan fingerprint density at radius 2 is 1.65 bits per heavy atom. The lowest BCUT2D eigenvalue weighted by molar-refractivity contribution is -0.141. The lowest BCUT2D eigenvalue weighted by Gasteiger charge is -2.30. The van der Waals surface area contributed by atoms with Gasteiger partial charge in [-0.3, -0.25) is 0 Å². The highest BCUT2D eigenvalue weighted by molar-refractivity contribution is 5.83. The van der Waals surface area contributed by atoms with Gasteiger partial charge >= 0.3 is 12.0 Å². The number of carboxylic acids is 1. The van der Waals surface area contributed by atoms with Gasteiger partial charge in [-0.05, 0) is 24.9 Å². The first kappa shape index (κ1) is 18.7. The summed E-state index contributed by atoms with van der Waals surface area (Å²) in [6, 6.07) is -1.36. The Morgan fingerprint density at radius 1 is 1.15 bits per heavy atom. The second-order valence-corrected chi connectivity index (χ2v) is 7.37. The summed E-state index contributed by atoms with van der Waals surface area (Å²) in [5, 5.41) is 14.4. The molecule has 1 atom stereocenters. The number of aliphatic carboxylic acids is 1. The smallest absolute Gasteiger partial charge is 0.326 e. The summed E-state index contributed by atoms with van der Waals surface area (Å²) in [5.41, 5.74) is -0.621. The SMILES string of the molecule is CN(C)CC(C)(C)CNC(=O)N[C@H](C(=O)O)C(C)(C)C. The van der Waals surface area contributed by atoms with E-state index in [4.69, 9.17) is 5.11 Å². The van der Waals surface area contributed by atoms with E-state index < -0.39 is 23.5 Å². The number of carbonyl (C=O) groups is 2. The van der Waals surface area contributed by atoms with Crippen LogP contribution in [-0.2, 0) is 4.79 Å². The number of urea groups is 1. The molecule has 0 aromatic carbocycles. The Kier molecular flexibility index (Phi) is 6.47. The van der Waals surface area contributed by atoms with Crippen LogP contribution in [0.3, 0.4) is 0 Å². The fourth-order valence-corrected chi connectivity index (χ4v) is 2.06. The van der Waals surface area contributed by atoms with E-state index in [0.29, 0.717) is 6.54 Å². The van der Waals surface area contributed by atoms with E-state index in [0.717, 1.165) is 6.54 Å². The first-order valence-corrected chi connectivity index (χ1v) is 6.77. The largest absolute Gasteiger partial charge is 0.480 e. The van der Waals surface area contributed by atoms with Gasteiger partial charge in [0.05, 0.1) is 0 Å². The number of hydrogen-bond donors (Lipinski definition) is 3. The van der Waals surface area contributed by atoms with Crippen molar-refractivity contribution >= 4 is 12.0 Å². The Morgan fingerprint density at radius 3 is 2.00 bits per heavy atom. The predicted octanol–water partition coefficient (Wildman–Crippen LogP) is 1.37. The van der Waals surface area contributed by atoms with Crippen molar-refractivity contribution in [3.63, 3.8) is 0 Å². The van der Waals surface area contributed by atoms with E-state index in [1.807, 2.05) is 27.9 Å². The molecule has 0 unspecified atom stereocenters. The number of carbonyl (C=O) groups excluding carboxylic acids is 1. The van der Waals surface area contributed by atoms with E-state index in [1.54, 1.807) is 20.8 Å². The number of hydrogen-bond acceptors (Lipinski definition) is 3. The maximum absolute atomic E-state index is 11.8. The summed E-state index contributed by atoms with van der Waals surface area (Å²) in [5.74, 6) is -1.03. The van der Waals surface area contributed by atoms with Crippen LogP contribution in [0.15, 0.2) is 0 Å². The standard InChI is InChI=1S/C14H29N3O3/c1-13(2,3)10(11(18)19)16-12(20)15-8-14(4,5)9-17(6)7/h10H,8-9H2,1-7H3,(H,18,19)(H2,15,16,20)/t10-/m1/s1. The maximum atomic E-state index is 11.8. The first-order chi connectivity index (χ1) is 8.85. The third-order valence-electron chi connectivity index (χ3n) is 2.86. The zero-order valence-electron chi connectivity index (χ0n) is 13.7. The highest BCUT2D eigenvalue weighted by Crippen LogP contribution is 2.19. The maximum Gasteiger partial charge on any atom is 0.326 e. The highest BCUT2D eigenvalue weighted by Gasteiger charge is 2.32. The van der Waals surface area contributed by atoms with Crippen LogP contribution in [0.2, 0.25) is 0 Å². The first-order valence-electron chi connectivity index (χ1n) is 6.77. The zero-order valence-corrected chi connectivity index (χ0v) is 13.7. The van der Waals surface area contributed by atoms with Crippen molar-refractivity contribution in [2.45, 2.75) is 40.7 Å². The van der Waals surface area contributed by atoms with E-state index in [-0.39, 0.29) is 5.41 Å². The van der Waals surface area contributed by atoms with E-state index in [1.165, 1.54) is 0 Å². The molecule has 2 amide bonds. The van der Waals surface area contributed by atoms with Crippen LogP contribution in [-0.4, -0.2) is 55.2 Å². The molecule has 0 heterocycles. The minimum Gasteiger partial charge on any atom is -0.480 e. The Hall–Kier alpha value is -1.30. The van der Waals surface area contributed by atoms with Crippen molar-refractivity contribution in [3.05, 3.63) is 0 Å². The molecular weight excluding hydrogens is 258 g/mol. The van der Waals surface area contributed by atoms with Crippen molar-refractivity contribution in [3.8, 4) is 0 Å². The van der Waals surface area contributed by atoms with Crippen molar-refractivity contribution < 1.29 is 14.7 Å². The van der Waals surface area contributed by atoms with E-state index in [2.05, 4.69) is 15.5 Å². The number of amides is 2. The molecule has 0 bridgehead atoms. The van der Waals surface area contributed by atoms with Crippen LogP contribution in [0.1, 0.15) is 34.6 Å². The van der Waals surface area contributed by atoms with Gasteiger partial charge in [0.25, 0.3) is 0 Å². The van der Waals surface area contributed by atoms with Crippen molar-refractivity contribution in [1.82, 2.24) is 15.5 Å². The Labute approximate surface area is 121 Å². The molecule has 0 radical (unpaired) electrons. The summed E-state index contributed by atoms with van der Waals surface area (Å²) in [4.78, 5) is 25.1. The van der Waals surface area contributed by atoms with Gasteiger partial charge in [-0.25, -0.2) is 9.59 Å². The molecule has 20 heavy (non-hydrogen) atoms. The molecule has 6 nitrogen and oxygen atoms in total. The van der Waals surface area contributed by atoms with Crippen LogP contribution in [0.5, 0.6) is 0 Å². The van der Waals surface area contributed by atoms with Crippen LogP contribution in [0.25, 0.3) is 0 Å². The van der Waals surface area contributed by atoms with Crippen molar-refractivity contribution in [2.75, 3.05) is 27.2 Å². The third-order valence-corrected chi connectivity index (χ3v) is 2.86. The van der Waals surface area contributed by atoms with Gasteiger partial charge in [-0.15, -0.1) is 0 Å². The van der Waals surface area contributed by atoms with Gasteiger partial charge in [0, 0.05) is 13.1 Å². The normalized spacial score (nSPS) is 14.0. The lowest BCUT2D eigenvalue weighted by atomic mass is 9.87. The van der Waals surface area contributed by atoms with Gasteiger partial charge in [0.15, 0.2) is 0 Å². The molecule has 6 heteroatoms. The molecule has 0 saturated heterocycles. The molecule has 0 aliphatic carbocycles. The average Bonchev–Trinajstić information content (AvgIpc) is 2.19. The highest BCUT2D eigenvalue weighted by atomic mass is 16.4. The molecule has 0 saturated carbocycles. The van der Waals surface area contributed by atoms with E-state index >= 15 is 0 Å². The average molecular weight is 287 g/mol. The molecule has 0 aromatic heterocycles. The summed E-state index contributed by atoms with van der Waals surface area (Å²) in [6.07, 6.45) is 0. The summed E-state index contributed by atoms with van der Waals surface area (Å²) < 4.78 is 0. The monoisotopic (exact) mass is 287 g/mol. The summed E-state index contributed by atoms with van der Waals surface area (Å²) >= 11 is 0. The molecular formula is C14H29N3O3. The van der Waals surface area contributed by atoms with Gasteiger partial charge in [-0.2, -0.15) is 0 Å². The molecule has 118 valence electrons. The Balaban J connectivity index is 4.46. The third kappa shape index (κ3) is 7.33. The topological polar surface area (TPSA) is 81.7 Å². The number of rotatable bonds is 6. The Bertz CT molecular complexity index is 346. The fraction of sp³-hybridized carbons (Fsp3) is 0.857. The summed E-state index contributed by atoms with van der Waals surface area (Å²) in [6.45, 7) is 10.7. The molecule has 3 N–H and O–H groups in total. The van der Waals surface area contributed by atoms with E-state index in [9.17, 15) is 9.59 Å². The van der Waals surface area contributed by atoms with Gasteiger partial charge in [-0.1, -0.05) is 34.6 Å². The van der Waals surface area contributed by atoms with Crippen molar-refractivity contribution in [2.24, 2.45) is 10.8 Å². The minimum atomic E-state index is -1.03. The minimum absolute atomic E-state index is 0.0821. The number of nitrogens with zero attached hydrogens (tertiary/aromatic N) is 1. The van der Waals surface area contributed by atoms with Crippen LogP contribution in [0.4, 0.5) is 4.79 Å². The van der Waals surface area contributed by atoms with Crippen LogP contribution in [0, 0.1) is 10.8 Å². The summed E-state index contributed by atoms with van der Waals surface area (Å²) in [7, 11) is 3.95. The predicted molar refractivity (Wildman–Crippen MR) is 79.7 cm³/mol. The molecule has 0 aliphatic heterocycles. The quantitative estimate of drug-likeness (QED) is 0.689. The van der Waals surface area contributed by atoms with Gasteiger partial charge < -0.3 is 20.6 Å². The second-order valence-electron chi connectivity index (χ2n) is 7.37. The number of carboxylic acid groups (broad SMARTS) is 1. The number of nitrogens with one attached hydrogen (secondary N) is 2. The molecule has 0 fully saturated rings. The lowest BCUT2D eigenvalue weighted by Crippen LogP contribution is -2.53. The molecule has 0 aliphatic rings. The zero-order chi connectivity index (χ0) is 16.1. The molecule has 0 spiro atoms. The van der Waals surface area contributed by atoms with Crippen LogP contribution < -0.4 is 10.6 Å². The van der Waals surface area contributed by atoms with Crippen molar-refractivity contribution in [1.29, 1.82) is 0 Å². The molecule has 0 aromatic rings.